The predicted molar refractivity (Wildman–Crippen MR) is 90.8 cm³/mol. The molecule has 2 amide bonds. The maximum Gasteiger partial charge on any atom is 0.339 e. The molecule has 0 heterocycles. The minimum absolute atomic E-state index is 0.126. The lowest BCUT2D eigenvalue weighted by molar-refractivity contribution is -0.384. The van der Waals surface area contributed by atoms with Gasteiger partial charge in [-0.2, -0.15) is 5.10 Å². The average molecular weight is 349 g/mol. The van der Waals surface area contributed by atoms with E-state index in [1.165, 1.54) is 31.5 Å². The number of nitrogens with one attached hydrogen (secondary N) is 2. The third kappa shape index (κ3) is 4.43. The summed E-state index contributed by atoms with van der Waals surface area (Å²) < 4.78 is 5.11. The highest BCUT2D eigenvalue weighted by Crippen LogP contribution is 2.23. The van der Waals surface area contributed by atoms with Crippen molar-refractivity contribution in [1.29, 1.82) is 0 Å². The summed E-state index contributed by atoms with van der Waals surface area (Å²) in [6, 6.07) is 10.2. The fraction of sp³-hybridized carbons (Fsp3) is 0.0667. The number of rotatable bonds is 5. The van der Waals surface area contributed by atoms with Crippen molar-refractivity contribution in [2.75, 3.05) is 12.4 Å². The molecule has 2 N–H and O–H groups in total. The van der Waals surface area contributed by atoms with E-state index in [4.69, 9.17) is 16.3 Å². The molecule has 0 saturated carbocycles. The first-order chi connectivity index (χ1) is 11.5. The highest BCUT2D eigenvalue weighted by molar-refractivity contribution is 6.33. The van der Waals surface area contributed by atoms with Crippen LogP contribution in [0.4, 0.5) is 16.2 Å². The van der Waals surface area contributed by atoms with Gasteiger partial charge in [0.2, 0.25) is 0 Å². The van der Waals surface area contributed by atoms with Gasteiger partial charge < -0.3 is 10.1 Å². The number of anilines is 1. The first-order valence-electron chi connectivity index (χ1n) is 6.68. The molecule has 0 aromatic heterocycles. The third-order valence-electron chi connectivity index (χ3n) is 2.92. The molecular formula is C15H13ClN4O4. The number of urea groups is 1. The van der Waals surface area contributed by atoms with Gasteiger partial charge in [0.1, 0.15) is 5.75 Å². The Kier molecular flexibility index (Phi) is 5.69. The van der Waals surface area contributed by atoms with Crippen molar-refractivity contribution in [2.24, 2.45) is 5.10 Å². The molecule has 2 aromatic carbocycles. The third-order valence-corrected chi connectivity index (χ3v) is 3.26. The van der Waals surface area contributed by atoms with Gasteiger partial charge in [0.15, 0.2) is 0 Å². The summed E-state index contributed by atoms with van der Waals surface area (Å²) in [5, 5.41) is 17.3. The maximum absolute atomic E-state index is 11.8. The van der Waals surface area contributed by atoms with Crippen molar-refractivity contribution in [3.63, 3.8) is 0 Å². The summed E-state index contributed by atoms with van der Waals surface area (Å²) in [7, 11) is 1.49. The van der Waals surface area contributed by atoms with Crippen LogP contribution < -0.4 is 15.5 Å². The fourth-order valence-electron chi connectivity index (χ4n) is 1.80. The molecule has 124 valence electrons. The summed E-state index contributed by atoms with van der Waals surface area (Å²) in [6.45, 7) is 0. The fourth-order valence-corrected chi connectivity index (χ4v) is 1.97. The number of nitro benzene ring substituents is 1. The summed E-state index contributed by atoms with van der Waals surface area (Å²) in [5.41, 5.74) is 2.90. The number of nitro groups is 1. The zero-order chi connectivity index (χ0) is 17.5. The Morgan fingerprint density at radius 1 is 1.33 bits per heavy atom. The Bertz CT molecular complexity index is 795. The number of nitrogens with zero attached hydrogens (tertiary/aromatic N) is 2. The molecule has 2 aromatic rings. The highest BCUT2D eigenvalue weighted by Gasteiger charge is 2.09. The van der Waals surface area contributed by atoms with Gasteiger partial charge in [-0.25, -0.2) is 10.2 Å². The standard InChI is InChI=1S/C15H13ClN4O4/c1-24-14-5-3-2-4-13(14)18-15(21)19-17-9-10-8-11(20(22)23)6-7-12(10)16/h2-9H,1H3,(H2,18,19,21)/b17-9+. The molecule has 0 bridgehead atoms. The summed E-state index contributed by atoms with van der Waals surface area (Å²) >= 11 is 5.93. The van der Waals surface area contributed by atoms with E-state index < -0.39 is 11.0 Å². The number of para-hydroxylation sites is 2. The van der Waals surface area contributed by atoms with E-state index in [2.05, 4.69) is 15.8 Å². The van der Waals surface area contributed by atoms with Crippen molar-refractivity contribution in [1.82, 2.24) is 5.43 Å². The van der Waals surface area contributed by atoms with Gasteiger partial charge in [0, 0.05) is 22.7 Å². The summed E-state index contributed by atoms with van der Waals surface area (Å²) in [4.78, 5) is 22.0. The van der Waals surface area contributed by atoms with E-state index in [1.807, 2.05) is 0 Å². The molecule has 0 fully saturated rings. The van der Waals surface area contributed by atoms with E-state index in [0.29, 0.717) is 17.0 Å². The number of halogens is 1. The van der Waals surface area contributed by atoms with Gasteiger partial charge in [-0.3, -0.25) is 10.1 Å². The zero-order valence-electron chi connectivity index (χ0n) is 12.5. The molecule has 0 spiro atoms. The number of non-ortho nitro benzene ring substituents is 1. The Labute approximate surface area is 142 Å². The molecule has 9 heteroatoms. The number of ether oxygens (including phenoxy) is 1. The van der Waals surface area contributed by atoms with Crippen LogP contribution in [-0.4, -0.2) is 24.3 Å². The Hall–Kier alpha value is -3.13. The van der Waals surface area contributed by atoms with Gasteiger partial charge in [0.05, 0.1) is 23.9 Å². The van der Waals surface area contributed by atoms with Crippen LogP contribution in [0.5, 0.6) is 5.75 Å². The molecular weight excluding hydrogens is 336 g/mol. The molecule has 0 aliphatic carbocycles. The van der Waals surface area contributed by atoms with Crippen LogP contribution >= 0.6 is 11.6 Å². The minimum atomic E-state index is -0.600. The normalized spacial score (nSPS) is 10.4. The lowest BCUT2D eigenvalue weighted by atomic mass is 10.2. The van der Waals surface area contributed by atoms with Crippen molar-refractivity contribution in [3.05, 3.63) is 63.2 Å². The molecule has 8 nitrogen and oxygen atoms in total. The van der Waals surface area contributed by atoms with E-state index in [9.17, 15) is 14.9 Å². The molecule has 0 aliphatic heterocycles. The first-order valence-corrected chi connectivity index (χ1v) is 7.06. The van der Waals surface area contributed by atoms with Crippen LogP contribution in [0.1, 0.15) is 5.56 Å². The number of hydrazone groups is 1. The lowest BCUT2D eigenvalue weighted by Gasteiger charge is -2.08. The largest absolute Gasteiger partial charge is 0.495 e. The lowest BCUT2D eigenvalue weighted by Crippen LogP contribution is -2.24. The second-order valence-electron chi connectivity index (χ2n) is 4.49. The molecule has 0 aliphatic rings. The van der Waals surface area contributed by atoms with E-state index >= 15 is 0 Å². The van der Waals surface area contributed by atoms with Crippen molar-refractivity contribution in [2.45, 2.75) is 0 Å². The minimum Gasteiger partial charge on any atom is -0.495 e. The zero-order valence-corrected chi connectivity index (χ0v) is 13.3. The number of methoxy groups -OCH3 is 1. The van der Waals surface area contributed by atoms with Crippen LogP contribution in [-0.2, 0) is 0 Å². The van der Waals surface area contributed by atoms with Crippen molar-refractivity contribution < 1.29 is 14.5 Å². The number of hydrogen-bond donors (Lipinski definition) is 2. The summed E-state index contributed by atoms with van der Waals surface area (Å²) in [5.74, 6) is 0.498. The summed E-state index contributed by atoms with van der Waals surface area (Å²) in [6.07, 6.45) is 1.22. The number of benzene rings is 2. The number of carbonyl (C=O) groups excluding carboxylic acids is 1. The molecule has 24 heavy (non-hydrogen) atoms. The monoisotopic (exact) mass is 348 g/mol. The van der Waals surface area contributed by atoms with Crippen LogP contribution in [0.15, 0.2) is 47.6 Å². The van der Waals surface area contributed by atoms with Crippen LogP contribution in [0.3, 0.4) is 0 Å². The van der Waals surface area contributed by atoms with E-state index in [-0.39, 0.29) is 10.7 Å². The van der Waals surface area contributed by atoms with Gasteiger partial charge in [-0.1, -0.05) is 23.7 Å². The Balaban J connectivity index is 2.02. The number of carbonyl (C=O) groups is 1. The topological polar surface area (TPSA) is 106 Å². The number of hydrogen-bond acceptors (Lipinski definition) is 5. The smallest absolute Gasteiger partial charge is 0.339 e. The molecule has 2 rings (SSSR count). The predicted octanol–water partition coefficient (Wildman–Crippen LogP) is 3.41. The number of amides is 2. The quantitative estimate of drug-likeness (QED) is 0.490. The maximum atomic E-state index is 11.8. The van der Waals surface area contributed by atoms with Crippen LogP contribution in [0, 0.1) is 10.1 Å². The molecule has 0 saturated heterocycles. The molecule has 0 unspecified atom stereocenters. The van der Waals surface area contributed by atoms with E-state index in [1.54, 1.807) is 24.3 Å². The SMILES string of the molecule is COc1ccccc1NC(=O)N/N=C/c1cc([N+](=O)[O-])ccc1Cl. The van der Waals surface area contributed by atoms with Gasteiger partial charge in [-0.05, 0) is 18.2 Å². The van der Waals surface area contributed by atoms with Crippen LogP contribution in [0.2, 0.25) is 5.02 Å². The molecule has 0 atom stereocenters. The van der Waals surface area contributed by atoms with Gasteiger partial charge >= 0.3 is 6.03 Å². The molecule has 0 radical (unpaired) electrons. The Morgan fingerprint density at radius 3 is 2.79 bits per heavy atom. The average Bonchev–Trinajstić information content (AvgIpc) is 2.56. The van der Waals surface area contributed by atoms with Crippen molar-refractivity contribution in [3.8, 4) is 5.75 Å². The second-order valence-corrected chi connectivity index (χ2v) is 4.89. The second kappa shape index (κ2) is 7.93. The highest BCUT2D eigenvalue weighted by atomic mass is 35.5. The van der Waals surface area contributed by atoms with E-state index in [0.717, 1.165) is 0 Å². The van der Waals surface area contributed by atoms with Gasteiger partial charge in [0.25, 0.3) is 5.69 Å². The Morgan fingerprint density at radius 2 is 2.08 bits per heavy atom. The van der Waals surface area contributed by atoms with Gasteiger partial charge in [-0.15, -0.1) is 0 Å². The van der Waals surface area contributed by atoms with Crippen LogP contribution in [0.25, 0.3) is 0 Å². The first kappa shape index (κ1) is 17.2. The van der Waals surface area contributed by atoms with Crippen molar-refractivity contribution >= 4 is 35.2 Å².